The standard InChI is InChI=1S/C23H19N5O2S2/c1-15-12-18-21(32-15)20(17(13-24)22(29)28(18)16-4-2-6-25-14-16)26-7-9-27(10-8-26)23(30)19-5-3-11-31-19/h2-6,11-12,14H,7-10H2,1H3. The monoisotopic (exact) mass is 461 g/mol. The molecule has 0 atom stereocenters. The van der Waals surface area contributed by atoms with E-state index in [0.717, 1.165) is 20.0 Å². The number of fused-ring (bicyclic) bond motifs is 1. The molecule has 9 heteroatoms. The van der Waals surface area contributed by atoms with Crippen molar-refractivity contribution < 1.29 is 4.79 Å². The Labute approximate surface area is 192 Å². The summed E-state index contributed by atoms with van der Waals surface area (Å²) >= 11 is 3.01. The van der Waals surface area contributed by atoms with Gasteiger partial charge in [0.1, 0.15) is 11.6 Å². The van der Waals surface area contributed by atoms with E-state index in [1.54, 1.807) is 34.4 Å². The Kier molecular flexibility index (Phi) is 5.25. The van der Waals surface area contributed by atoms with Crippen LogP contribution < -0.4 is 10.5 Å². The van der Waals surface area contributed by atoms with Gasteiger partial charge >= 0.3 is 0 Å². The molecule has 5 rings (SSSR count). The predicted molar refractivity (Wildman–Crippen MR) is 127 cm³/mol. The molecule has 0 bridgehead atoms. The number of anilines is 1. The number of nitriles is 1. The van der Waals surface area contributed by atoms with Crippen molar-refractivity contribution in [3.05, 3.63) is 73.8 Å². The van der Waals surface area contributed by atoms with Crippen molar-refractivity contribution in [1.82, 2.24) is 14.5 Å². The molecule has 7 nitrogen and oxygen atoms in total. The molecule has 1 saturated heterocycles. The van der Waals surface area contributed by atoms with Gasteiger partial charge in [-0.05, 0) is 36.6 Å². The molecule has 0 unspecified atom stereocenters. The molecule has 4 aromatic heterocycles. The zero-order valence-corrected chi connectivity index (χ0v) is 18.9. The van der Waals surface area contributed by atoms with Crippen LogP contribution in [0.2, 0.25) is 0 Å². The Hall–Kier alpha value is -3.48. The van der Waals surface area contributed by atoms with E-state index in [-0.39, 0.29) is 17.0 Å². The Bertz CT molecular complexity index is 1390. The summed E-state index contributed by atoms with van der Waals surface area (Å²) in [4.78, 5) is 36.0. The third-order valence-electron chi connectivity index (χ3n) is 5.58. The highest BCUT2D eigenvalue weighted by atomic mass is 32.1. The Morgan fingerprint density at radius 1 is 1.19 bits per heavy atom. The van der Waals surface area contributed by atoms with Crippen LogP contribution in [0.15, 0.2) is 52.9 Å². The first-order chi connectivity index (χ1) is 15.6. The summed E-state index contributed by atoms with van der Waals surface area (Å²) in [7, 11) is 0. The molecular formula is C23H19N5O2S2. The first kappa shape index (κ1) is 20.4. The molecule has 0 N–H and O–H groups in total. The average Bonchev–Trinajstić information content (AvgIpc) is 3.48. The number of nitrogens with zero attached hydrogens (tertiary/aromatic N) is 5. The van der Waals surface area contributed by atoms with Crippen LogP contribution in [0.3, 0.4) is 0 Å². The van der Waals surface area contributed by atoms with Gasteiger partial charge in [-0.2, -0.15) is 5.26 Å². The molecule has 160 valence electrons. The highest BCUT2D eigenvalue weighted by molar-refractivity contribution is 7.19. The minimum atomic E-state index is -0.349. The Morgan fingerprint density at radius 3 is 2.66 bits per heavy atom. The normalized spacial score (nSPS) is 14.0. The van der Waals surface area contributed by atoms with E-state index in [9.17, 15) is 14.9 Å². The van der Waals surface area contributed by atoms with Crippen LogP contribution in [0.4, 0.5) is 5.69 Å². The van der Waals surface area contributed by atoms with E-state index in [1.807, 2.05) is 41.5 Å². The lowest BCUT2D eigenvalue weighted by Crippen LogP contribution is -2.49. The number of hydrogen-bond donors (Lipinski definition) is 0. The van der Waals surface area contributed by atoms with Crippen LogP contribution in [0.25, 0.3) is 15.9 Å². The molecule has 0 spiro atoms. The van der Waals surface area contributed by atoms with Crippen LogP contribution in [-0.2, 0) is 0 Å². The number of amides is 1. The molecule has 32 heavy (non-hydrogen) atoms. The molecular weight excluding hydrogens is 442 g/mol. The van der Waals surface area contributed by atoms with E-state index in [0.29, 0.717) is 37.6 Å². The molecule has 4 aromatic rings. The van der Waals surface area contributed by atoms with Crippen molar-refractivity contribution in [1.29, 1.82) is 5.26 Å². The number of carbonyl (C=O) groups is 1. The summed E-state index contributed by atoms with van der Waals surface area (Å²) < 4.78 is 2.48. The van der Waals surface area contributed by atoms with Gasteiger partial charge in [-0.3, -0.25) is 19.1 Å². The van der Waals surface area contributed by atoms with Crippen LogP contribution >= 0.6 is 22.7 Å². The zero-order valence-electron chi connectivity index (χ0n) is 17.3. The minimum absolute atomic E-state index is 0.0317. The van der Waals surface area contributed by atoms with Crippen LogP contribution in [0.1, 0.15) is 20.1 Å². The Balaban J connectivity index is 1.56. The first-order valence-electron chi connectivity index (χ1n) is 10.2. The second-order valence-electron chi connectivity index (χ2n) is 7.52. The zero-order chi connectivity index (χ0) is 22.2. The Morgan fingerprint density at radius 2 is 2.00 bits per heavy atom. The van der Waals surface area contributed by atoms with Crippen molar-refractivity contribution in [2.45, 2.75) is 6.92 Å². The fourth-order valence-corrected chi connectivity index (χ4v) is 5.87. The minimum Gasteiger partial charge on any atom is -0.366 e. The largest absolute Gasteiger partial charge is 0.366 e. The maximum atomic E-state index is 13.4. The summed E-state index contributed by atoms with van der Waals surface area (Å²) in [6.07, 6.45) is 3.28. The van der Waals surface area contributed by atoms with E-state index in [1.165, 1.54) is 11.3 Å². The number of pyridine rings is 2. The maximum absolute atomic E-state index is 13.4. The molecule has 0 aromatic carbocycles. The highest BCUT2D eigenvalue weighted by Crippen LogP contribution is 2.36. The molecule has 5 heterocycles. The molecule has 0 aliphatic carbocycles. The van der Waals surface area contributed by atoms with Gasteiger partial charge in [0.25, 0.3) is 11.5 Å². The van der Waals surface area contributed by atoms with Crippen LogP contribution in [-0.4, -0.2) is 46.5 Å². The van der Waals surface area contributed by atoms with Crippen LogP contribution in [0, 0.1) is 18.3 Å². The number of rotatable bonds is 3. The number of hydrogen-bond acceptors (Lipinski definition) is 7. The lowest BCUT2D eigenvalue weighted by Gasteiger charge is -2.36. The van der Waals surface area contributed by atoms with Gasteiger partial charge in [-0.1, -0.05) is 6.07 Å². The topological polar surface area (TPSA) is 82.2 Å². The number of aryl methyl sites for hydroxylation is 1. The van der Waals surface area contributed by atoms with Crippen LogP contribution in [0.5, 0.6) is 0 Å². The van der Waals surface area contributed by atoms with Gasteiger partial charge in [0.15, 0.2) is 0 Å². The van der Waals surface area contributed by atoms with Crippen molar-refractivity contribution >= 4 is 44.5 Å². The second-order valence-corrected chi connectivity index (χ2v) is 9.72. The molecule has 1 fully saturated rings. The van der Waals surface area contributed by atoms with Gasteiger partial charge in [-0.15, -0.1) is 22.7 Å². The first-order valence-corrected chi connectivity index (χ1v) is 11.9. The predicted octanol–water partition coefficient (Wildman–Crippen LogP) is 3.65. The lowest BCUT2D eigenvalue weighted by atomic mass is 10.1. The SMILES string of the molecule is Cc1cc2c(s1)c(N1CCN(C(=O)c3cccs3)CC1)c(C#N)c(=O)n2-c1cccnc1. The van der Waals surface area contributed by atoms with Gasteiger partial charge in [0.2, 0.25) is 0 Å². The third-order valence-corrected chi connectivity index (χ3v) is 7.48. The fraction of sp³-hybridized carbons (Fsp3) is 0.217. The number of thiophene rings is 2. The summed E-state index contributed by atoms with van der Waals surface area (Å²) in [5.41, 5.74) is 1.86. The molecule has 0 saturated carbocycles. The second kappa shape index (κ2) is 8.22. The molecule has 1 amide bonds. The number of carbonyl (C=O) groups excluding carboxylic acids is 1. The highest BCUT2D eigenvalue weighted by Gasteiger charge is 2.28. The van der Waals surface area contributed by atoms with E-state index in [4.69, 9.17) is 0 Å². The van der Waals surface area contributed by atoms with Gasteiger partial charge in [0.05, 0.1) is 32.7 Å². The third kappa shape index (κ3) is 3.38. The van der Waals surface area contributed by atoms with E-state index >= 15 is 0 Å². The lowest BCUT2D eigenvalue weighted by molar-refractivity contribution is 0.0751. The average molecular weight is 462 g/mol. The number of aromatic nitrogens is 2. The van der Waals surface area contributed by atoms with Gasteiger partial charge in [0, 0.05) is 37.3 Å². The fourth-order valence-electron chi connectivity index (χ4n) is 4.11. The molecule has 0 radical (unpaired) electrons. The summed E-state index contributed by atoms with van der Waals surface area (Å²) in [6.45, 7) is 4.21. The number of piperazine rings is 1. The van der Waals surface area contributed by atoms with Crippen molar-refractivity contribution in [3.8, 4) is 11.8 Å². The maximum Gasteiger partial charge on any atom is 0.275 e. The van der Waals surface area contributed by atoms with Crippen molar-refractivity contribution in [2.24, 2.45) is 0 Å². The molecule has 1 aliphatic heterocycles. The summed E-state index contributed by atoms with van der Waals surface area (Å²) in [6, 6.07) is 11.4. The van der Waals surface area contributed by atoms with Gasteiger partial charge in [-0.25, -0.2) is 0 Å². The van der Waals surface area contributed by atoms with E-state index < -0.39 is 0 Å². The molecule has 1 aliphatic rings. The van der Waals surface area contributed by atoms with Crippen molar-refractivity contribution in [3.63, 3.8) is 0 Å². The summed E-state index contributed by atoms with van der Waals surface area (Å²) in [5.74, 6) is 0.0317. The van der Waals surface area contributed by atoms with E-state index in [2.05, 4.69) is 16.0 Å². The van der Waals surface area contributed by atoms with Gasteiger partial charge < -0.3 is 9.80 Å². The smallest absolute Gasteiger partial charge is 0.275 e. The quantitative estimate of drug-likeness (QED) is 0.465. The summed E-state index contributed by atoms with van der Waals surface area (Å²) in [5, 5.41) is 11.9. The van der Waals surface area contributed by atoms with Crippen molar-refractivity contribution in [2.75, 3.05) is 31.1 Å².